The van der Waals surface area contributed by atoms with Gasteiger partial charge in [-0.2, -0.15) is 0 Å². The first-order valence-corrected chi connectivity index (χ1v) is 9.03. The Morgan fingerprint density at radius 3 is 2.52 bits per heavy atom. The minimum Gasteiger partial charge on any atom is -0.372 e. The van der Waals surface area contributed by atoms with Crippen molar-refractivity contribution in [2.24, 2.45) is 0 Å². The third kappa shape index (κ3) is 3.67. The van der Waals surface area contributed by atoms with Gasteiger partial charge in [0.05, 0.1) is 13.2 Å². The number of rotatable bonds is 5. The number of ether oxygens (including phenoxy) is 1. The number of Topliss-reactive ketones (excluding diaryl/α,β-unsaturated/α-hetero) is 1. The van der Waals surface area contributed by atoms with Crippen LogP contribution in [0.1, 0.15) is 48.3 Å². The molecular formula is C22H23NO2. The fourth-order valence-corrected chi connectivity index (χ4v) is 3.73. The molecule has 4 rings (SSSR count). The van der Waals surface area contributed by atoms with Crippen molar-refractivity contribution in [3.8, 4) is 0 Å². The van der Waals surface area contributed by atoms with Crippen molar-refractivity contribution in [2.45, 2.75) is 44.8 Å². The van der Waals surface area contributed by atoms with Gasteiger partial charge in [-0.3, -0.25) is 4.79 Å². The average Bonchev–Trinajstić information content (AvgIpc) is 3.07. The second kappa shape index (κ2) is 7.24. The SMILES string of the molecule is O=C1CCC(c2c[nH]c3ccc(COCc4ccccc4)cc23)CC1. The number of benzene rings is 2. The monoisotopic (exact) mass is 333 g/mol. The highest BCUT2D eigenvalue weighted by Gasteiger charge is 2.22. The number of hydrogen-bond donors (Lipinski definition) is 1. The molecule has 1 saturated carbocycles. The molecule has 1 N–H and O–H groups in total. The maximum Gasteiger partial charge on any atom is 0.132 e. The zero-order valence-corrected chi connectivity index (χ0v) is 14.3. The van der Waals surface area contributed by atoms with E-state index >= 15 is 0 Å². The van der Waals surface area contributed by atoms with Gasteiger partial charge in [-0.05, 0) is 47.6 Å². The van der Waals surface area contributed by atoms with E-state index in [2.05, 4.69) is 41.5 Å². The van der Waals surface area contributed by atoms with Crippen LogP contribution in [0.15, 0.2) is 54.7 Å². The predicted molar refractivity (Wildman–Crippen MR) is 99.4 cm³/mol. The molecule has 1 aliphatic carbocycles. The minimum absolute atomic E-state index is 0.408. The molecule has 2 aromatic carbocycles. The standard InChI is InChI=1S/C22H23NO2/c24-19-9-7-18(8-10-19)21-13-23-22-11-6-17(12-20(21)22)15-25-14-16-4-2-1-3-5-16/h1-6,11-13,18,23H,7-10,14-15H2. The van der Waals surface area contributed by atoms with Crippen molar-refractivity contribution in [2.75, 3.05) is 0 Å². The lowest BCUT2D eigenvalue weighted by molar-refractivity contribution is -0.120. The summed E-state index contributed by atoms with van der Waals surface area (Å²) in [7, 11) is 0. The normalized spacial score (nSPS) is 15.8. The van der Waals surface area contributed by atoms with E-state index in [1.165, 1.54) is 27.6 Å². The van der Waals surface area contributed by atoms with E-state index in [0.29, 0.717) is 24.9 Å². The van der Waals surface area contributed by atoms with Crippen LogP contribution in [0, 0.1) is 0 Å². The van der Waals surface area contributed by atoms with Crippen LogP contribution in [0.25, 0.3) is 10.9 Å². The number of aromatic nitrogens is 1. The lowest BCUT2D eigenvalue weighted by atomic mass is 9.83. The van der Waals surface area contributed by atoms with E-state index < -0.39 is 0 Å². The number of hydrogen-bond acceptors (Lipinski definition) is 2. The van der Waals surface area contributed by atoms with E-state index in [9.17, 15) is 4.79 Å². The molecule has 0 saturated heterocycles. The maximum absolute atomic E-state index is 11.5. The fraction of sp³-hybridized carbons (Fsp3) is 0.318. The van der Waals surface area contributed by atoms with Crippen molar-refractivity contribution in [1.82, 2.24) is 4.98 Å². The Kier molecular flexibility index (Phi) is 4.66. The number of H-pyrrole nitrogens is 1. The first-order chi connectivity index (χ1) is 12.3. The Bertz CT molecular complexity index is 856. The highest BCUT2D eigenvalue weighted by atomic mass is 16.5. The van der Waals surface area contributed by atoms with Gasteiger partial charge in [0, 0.05) is 29.9 Å². The summed E-state index contributed by atoms with van der Waals surface area (Å²) in [5, 5.41) is 1.28. The summed E-state index contributed by atoms with van der Waals surface area (Å²) in [6, 6.07) is 16.7. The van der Waals surface area contributed by atoms with Gasteiger partial charge >= 0.3 is 0 Å². The third-order valence-electron chi connectivity index (χ3n) is 5.14. The molecule has 3 aromatic rings. The lowest BCUT2D eigenvalue weighted by Crippen LogP contribution is -2.12. The van der Waals surface area contributed by atoms with Crippen molar-refractivity contribution in [3.05, 3.63) is 71.4 Å². The summed E-state index contributed by atoms with van der Waals surface area (Å²) >= 11 is 0. The quantitative estimate of drug-likeness (QED) is 0.705. The summed E-state index contributed by atoms with van der Waals surface area (Å²) in [5.74, 6) is 0.901. The van der Waals surface area contributed by atoms with E-state index in [0.717, 1.165) is 25.7 Å². The zero-order valence-electron chi connectivity index (χ0n) is 14.3. The highest BCUT2D eigenvalue weighted by Crippen LogP contribution is 2.35. The number of nitrogens with one attached hydrogen (secondary N) is 1. The Morgan fingerprint density at radius 2 is 1.72 bits per heavy atom. The summed E-state index contributed by atoms with van der Waals surface area (Å²) in [4.78, 5) is 14.9. The van der Waals surface area contributed by atoms with Gasteiger partial charge in [-0.15, -0.1) is 0 Å². The van der Waals surface area contributed by atoms with E-state index in [4.69, 9.17) is 4.74 Å². The topological polar surface area (TPSA) is 42.1 Å². The summed E-state index contributed by atoms with van der Waals surface area (Å²) in [5.41, 5.74) is 4.90. The molecule has 0 unspecified atom stereocenters. The molecular weight excluding hydrogens is 310 g/mol. The molecule has 1 heterocycles. The summed E-state index contributed by atoms with van der Waals surface area (Å²) in [6.45, 7) is 1.24. The van der Waals surface area contributed by atoms with Crippen LogP contribution < -0.4 is 0 Å². The first-order valence-electron chi connectivity index (χ1n) is 9.03. The Hall–Kier alpha value is -2.39. The fourth-order valence-electron chi connectivity index (χ4n) is 3.73. The number of carbonyl (C=O) groups excluding carboxylic acids is 1. The molecule has 0 amide bonds. The van der Waals surface area contributed by atoms with Gasteiger partial charge in [0.25, 0.3) is 0 Å². The van der Waals surface area contributed by atoms with Crippen molar-refractivity contribution < 1.29 is 9.53 Å². The number of aromatic amines is 1. The molecule has 0 bridgehead atoms. The van der Waals surface area contributed by atoms with Crippen LogP contribution >= 0.6 is 0 Å². The molecule has 3 heteroatoms. The molecule has 1 aromatic heterocycles. The molecule has 0 aliphatic heterocycles. The molecule has 1 fully saturated rings. The molecule has 3 nitrogen and oxygen atoms in total. The molecule has 0 spiro atoms. The Balaban J connectivity index is 1.47. The van der Waals surface area contributed by atoms with Crippen LogP contribution in [0.4, 0.5) is 0 Å². The Morgan fingerprint density at radius 1 is 0.960 bits per heavy atom. The van der Waals surface area contributed by atoms with Crippen molar-refractivity contribution in [1.29, 1.82) is 0 Å². The van der Waals surface area contributed by atoms with Crippen LogP contribution in [0.2, 0.25) is 0 Å². The molecule has 128 valence electrons. The lowest BCUT2D eigenvalue weighted by Gasteiger charge is -2.20. The van der Waals surface area contributed by atoms with Gasteiger partial charge in [0.2, 0.25) is 0 Å². The second-order valence-electron chi connectivity index (χ2n) is 6.92. The molecule has 1 aliphatic rings. The predicted octanol–water partition coefficient (Wildman–Crippen LogP) is 5.11. The van der Waals surface area contributed by atoms with Gasteiger partial charge in [0.15, 0.2) is 0 Å². The third-order valence-corrected chi connectivity index (χ3v) is 5.14. The number of ketones is 1. The van der Waals surface area contributed by atoms with Gasteiger partial charge in [-0.25, -0.2) is 0 Å². The van der Waals surface area contributed by atoms with Gasteiger partial charge in [0.1, 0.15) is 5.78 Å². The zero-order chi connectivity index (χ0) is 17.1. The first kappa shape index (κ1) is 16.1. The van der Waals surface area contributed by atoms with Crippen LogP contribution in [-0.2, 0) is 22.7 Å². The van der Waals surface area contributed by atoms with E-state index in [1.807, 2.05) is 18.2 Å². The Labute approximate surface area is 148 Å². The minimum atomic E-state index is 0.408. The van der Waals surface area contributed by atoms with Crippen LogP contribution in [0.3, 0.4) is 0 Å². The van der Waals surface area contributed by atoms with E-state index in [1.54, 1.807) is 0 Å². The number of carbonyl (C=O) groups is 1. The summed E-state index contributed by atoms with van der Waals surface area (Å²) < 4.78 is 5.88. The average molecular weight is 333 g/mol. The van der Waals surface area contributed by atoms with Crippen molar-refractivity contribution in [3.63, 3.8) is 0 Å². The van der Waals surface area contributed by atoms with Crippen molar-refractivity contribution >= 4 is 16.7 Å². The maximum atomic E-state index is 11.5. The molecule has 0 radical (unpaired) electrons. The second-order valence-corrected chi connectivity index (χ2v) is 6.92. The van der Waals surface area contributed by atoms with E-state index in [-0.39, 0.29) is 0 Å². The van der Waals surface area contributed by atoms with Gasteiger partial charge < -0.3 is 9.72 Å². The largest absolute Gasteiger partial charge is 0.372 e. The van der Waals surface area contributed by atoms with Crippen LogP contribution in [0.5, 0.6) is 0 Å². The van der Waals surface area contributed by atoms with Crippen LogP contribution in [-0.4, -0.2) is 10.8 Å². The highest BCUT2D eigenvalue weighted by molar-refractivity contribution is 5.85. The number of fused-ring (bicyclic) bond motifs is 1. The smallest absolute Gasteiger partial charge is 0.132 e. The molecule has 0 atom stereocenters. The molecule has 25 heavy (non-hydrogen) atoms. The van der Waals surface area contributed by atoms with Gasteiger partial charge in [-0.1, -0.05) is 36.4 Å². The summed E-state index contributed by atoms with van der Waals surface area (Å²) in [6.07, 6.45) is 5.51.